The highest BCUT2D eigenvalue weighted by Gasteiger charge is 2.56. The molecule has 0 radical (unpaired) electrons. The third kappa shape index (κ3) is 13.4. The van der Waals surface area contributed by atoms with Crippen molar-refractivity contribution >= 4 is 33.8 Å². The van der Waals surface area contributed by atoms with Crippen molar-refractivity contribution in [2.24, 2.45) is 34.7 Å². The SMILES string of the molecule is C.CC[C@@H]1/C=C(\C)C[C@H](C)C[C@H](OC)[C@H]2O[C@@](O)(C(=O)C(=O)N3CCCC[C@H]3C(=O)O[C@H](/C(C)=C/[C@@H]3CC[C@@H](O)[C@H](OC)C3)[C@H](C)[C@@H](O)C/C1=N/OS(=O)(=O)O)[C@H](C)C[C@@H]2OC. The predicted molar refractivity (Wildman–Crippen MR) is 230 cm³/mol. The van der Waals surface area contributed by atoms with Crippen LogP contribution in [-0.4, -0.2) is 139 Å². The molecule has 2 bridgehead atoms. The average molecular weight is 903 g/mol. The number of aliphatic hydroxyl groups excluding tert-OH is 2. The van der Waals surface area contributed by atoms with Crippen LogP contribution in [0.25, 0.3) is 0 Å². The summed E-state index contributed by atoms with van der Waals surface area (Å²) in [5.41, 5.74) is 1.58. The number of carbonyl (C=O) groups excluding carboxylic acids is 3. The molecule has 2 saturated heterocycles. The van der Waals surface area contributed by atoms with Crippen LogP contribution in [-0.2, 0) is 52.8 Å². The summed E-state index contributed by atoms with van der Waals surface area (Å²) in [6, 6.07) is -1.21. The maximum absolute atomic E-state index is 14.4. The van der Waals surface area contributed by atoms with Gasteiger partial charge in [-0.05, 0) is 95.5 Å². The van der Waals surface area contributed by atoms with E-state index in [1.165, 1.54) is 21.3 Å². The number of Topliss-reactive ketones (excluding diaryl/α,β-unsaturated/α-hetero) is 1. The van der Waals surface area contributed by atoms with Gasteiger partial charge in [0.25, 0.3) is 11.7 Å². The topological polar surface area (TPSA) is 237 Å². The third-order valence-electron chi connectivity index (χ3n) is 13.2. The number of oxime groups is 1. The van der Waals surface area contributed by atoms with Crippen LogP contribution in [0.5, 0.6) is 0 Å². The summed E-state index contributed by atoms with van der Waals surface area (Å²) < 4.78 is 67.3. The van der Waals surface area contributed by atoms with Crippen molar-refractivity contribution in [2.75, 3.05) is 27.9 Å². The monoisotopic (exact) mass is 902 g/mol. The molecule has 4 aliphatic rings. The zero-order valence-corrected chi connectivity index (χ0v) is 38.0. The molecule has 4 rings (SSSR count). The first-order valence-corrected chi connectivity index (χ1v) is 23.0. The van der Waals surface area contributed by atoms with Gasteiger partial charge in [0, 0.05) is 52.0 Å². The number of nitrogens with zero attached hydrogens (tertiary/aromatic N) is 2. The van der Waals surface area contributed by atoms with E-state index >= 15 is 0 Å². The smallest absolute Gasteiger partial charge is 0.456 e. The molecule has 1 aliphatic carbocycles. The fourth-order valence-electron chi connectivity index (χ4n) is 9.61. The number of esters is 1. The minimum absolute atomic E-state index is 0. The zero-order valence-electron chi connectivity index (χ0n) is 37.2. The summed E-state index contributed by atoms with van der Waals surface area (Å²) in [4.78, 5) is 44.1. The number of piperidine rings is 1. The number of fused-ring (bicyclic) bond motifs is 3. The number of cyclic esters (lactones) is 1. The lowest BCUT2D eigenvalue weighted by molar-refractivity contribution is -0.302. The van der Waals surface area contributed by atoms with Crippen LogP contribution in [0.4, 0.5) is 0 Å². The molecule has 17 nitrogen and oxygen atoms in total. The molecule has 4 N–H and O–H groups in total. The Balaban J connectivity index is 0.0000102. The largest absolute Gasteiger partial charge is 0.466 e. The number of hydrogen-bond acceptors (Lipinski definition) is 15. The number of amides is 1. The Hall–Kier alpha value is -2.81. The van der Waals surface area contributed by atoms with Gasteiger partial charge in [-0.1, -0.05) is 58.0 Å². The summed E-state index contributed by atoms with van der Waals surface area (Å²) in [5.74, 6) is -8.10. The Morgan fingerprint density at radius 1 is 0.952 bits per heavy atom. The van der Waals surface area contributed by atoms with Crippen molar-refractivity contribution in [3.63, 3.8) is 0 Å². The van der Waals surface area contributed by atoms with Crippen LogP contribution in [0, 0.1) is 29.6 Å². The van der Waals surface area contributed by atoms with Gasteiger partial charge in [-0.15, -0.1) is 0 Å². The van der Waals surface area contributed by atoms with Crippen LogP contribution < -0.4 is 0 Å². The fourth-order valence-corrected chi connectivity index (χ4v) is 9.80. The van der Waals surface area contributed by atoms with Gasteiger partial charge in [0.2, 0.25) is 5.79 Å². The molecule has 3 aliphatic heterocycles. The van der Waals surface area contributed by atoms with E-state index in [1.54, 1.807) is 20.8 Å². The first-order valence-electron chi connectivity index (χ1n) is 21.7. The van der Waals surface area contributed by atoms with Crippen LogP contribution in [0.15, 0.2) is 28.5 Å². The molecule has 18 heteroatoms. The quantitative estimate of drug-likeness (QED) is 0.0848. The van der Waals surface area contributed by atoms with Gasteiger partial charge < -0.3 is 43.9 Å². The number of ketones is 1. The van der Waals surface area contributed by atoms with E-state index in [9.17, 15) is 42.7 Å². The molecule has 1 saturated carbocycles. The minimum atomic E-state index is -5.01. The van der Waals surface area contributed by atoms with E-state index in [2.05, 4.69) is 9.44 Å². The van der Waals surface area contributed by atoms with E-state index in [-0.39, 0.29) is 50.8 Å². The van der Waals surface area contributed by atoms with Crippen molar-refractivity contribution in [1.82, 2.24) is 4.90 Å². The van der Waals surface area contributed by atoms with Gasteiger partial charge in [0.15, 0.2) is 0 Å². The summed E-state index contributed by atoms with van der Waals surface area (Å²) in [5, 5.41) is 38.3. The van der Waals surface area contributed by atoms with Crippen molar-refractivity contribution in [3.8, 4) is 0 Å². The molecule has 3 fully saturated rings. The number of allylic oxidation sites excluding steroid dienone is 3. The second kappa shape index (κ2) is 23.4. The molecule has 0 aromatic rings. The molecule has 0 aromatic heterocycles. The van der Waals surface area contributed by atoms with Crippen LogP contribution in [0.1, 0.15) is 120 Å². The Labute approximate surface area is 368 Å². The summed E-state index contributed by atoms with van der Waals surface area (Å²) >= 11 is 0. The summed E-state index contributed by atoms with van der Waals surface area (Å²) in [6.07, 6.45) is 2.17. The van der Waals surface area contributed by atoms with Gasteiger partial charge in [-0.2, -0.15) is 8.42 Å². The molecule has 62 heavy (non-hydrogen) atoms. The van der Waals surface area contributed by atoms with Gasteiger partial charge in [-0.3, -0.25) is 14.1 Å². The van der Waals surface area contributed by atoms with E-state index in [4.69, 9.17) is 23.7 Å². The number of aliphatic hydroxyl groups is 3. The molecule has 0 spiro atoms. The summed E-state index contributed by atoms with van der Waals surface area (Å²) in [7, 11) is -0.494. The first kappa shape index (κ1) is 53.5. The highest BCUT2D eigenvalue weighted by molar-refractivity contribution is 7.80. The normalized spacial score (nSPS) is 39.4. The lowest BCUT2D eigenvalue weighted by Crippen LogP contribution is -2.64. The zero-order chi connectivity index (χ0) is 45.4. The maximum Gasteiger partial charge on any atom is 0.466 e. The molecule has 356 valence electrons. The van der Waals surface area contributed by atoms with Gasteiger partial charge in [0.05, 0.1) is 36.2 Å². The molecule has 14 atom stereocenters. The molecule has 1 amide bonds. The third-order valence-corrected chi connectivity index (χ3v) is 13.4. The molecule has 3 heterocycles. The average Bonchev–Trinajstić information content (AvgIpc) is 3.22. The number of hydrogen-bond donors (Lipinski definition) is 4. The van der Waals surface area contributed by atoms with E-state index in [0.29, 0.717) is 56.9 Å². The first-order chi connectivity index (χ1) is 28.7. The molecular formula is C44H74N2O15S. The summed E-state index contributed by atoms with van der Waals surface area (Å²) in [6.45, 7) is 10.8. The Bertz CT molecular complexity index is 1720. The van der Waals surface area contributed by atoms with E-state index in [1.807, 2.05) is 32.9 Å². The van der Waals surface area contributed by atoms with Crippen LogP contribution >= 0.6 is 0 Å². The fraction of sp³-hybridized carbons (Fsp3) is 0.818. The van der Waals surface area contributed by atoms with Crippen molar-refractivity contribution in [1.29, 1.82) is 0 Å². The van der Waals surface area contributed by atoms with Gasteiger partial charge in [0.1, 0.15) is 18.2 Å². The standard InChI is InChI=1S/C43H70N2O15S.CH4/c1-10-30-18-24(2)17-25(3)19-36(56-8)39-37(57-9)21-27(5)43(51,59-39)40(48)41(49)45-16-12-11-13-32(45)42(50)58-38(26(4)20-29-14-15-33(46)35(22-29)55-7)28(6)34(47)23-31(30)44-60-61(52,53)54;/h18,20,25,27-30,32-39,46-47,51H,10-17,19,21-23H2,1-9H3,(H,52,53,54);1H4/b24-18+,26-20+,44-31-;/t25-,27+,28+,29-,30+,32-,33+,34-,35+,36-,37-,38+,39+,43+;/m0./s1. The van der Waals surface area contributed by atoms with Crippen molar-refractivity contribution < 1.29 is 70.6 Å². The van der Waals surface area contributed by atoms with Crippen molar-refractivity contribution in [2.45, 2.75) is 174 Å². The highest BCUT2D eigenvalue weighted by Crippen LogP contribution is 2.39. The Morgan fingerprint density at radius 3 is 2.21 bits per heavy atom. The highest BCUT2D eigenvalue weighted by atomic mass is 32.3. The molecule has 0 unspecified atom stereocenters. The minimum Gasteiger partial charge on any atom is -0.456 e. The van der Waals surface area contributed by atoms with Crippen LogP contribution in [0.2, 0.25) is 0 Å². The number of rotatable bonds is 8. The lowest BCUT2D eigenvalue weighted by Gasteiger charge is -2.47. The molecular weight excluding hydrogens is 829 g/mol. The van der Waals surface area contributed by atoms with Gasteiger partial charge in [-0.25, -0.2) is 9.08 Å². The Kier molecular flexibility index (Phi) is 20.2. The molecule has 0 aromatic carbocycles. The predicted octanol–water partition coefficient (Wildman–Crippen LogP) is 4.72. The second-order valence-electron chi connectivity index (χ2n) is 17.8. The van der Waals surface area contributed by atoms with Gasteiger partial charge >= 0.3 is 16.4 Å². The second-order valence-corrected chi connectivity index (χ2v) is 18.8. The van der Waals surface area contributed by atoms with Crippen LogP contribution in [0.3, 0.4) is 0 Å². The Morgan fingerprint density at radius 2 is 1.60 bits per heavy atom. The number of ether oxygens (including phenoxy) is 5. The maximum atomic E-state index is 14.4. The van der Waals surface area contributed by atoms with E-state index in [0.717, 1.165) is 10.5 Å². The van der Waals surface area contributed by atoms with E-state index < -0.39 is 100 Å². The lowest BCUT2D eigenvalue weighted by atomic mass is 9.81. The number of methoxy groups -OCH3 is 3. The van der Waals surface area contributed by atoms with Crippen molar-refractivity contribution in [3.05, 3.63) is 23.3 Å². The number of carbonyl (C=O) groups is 3.